The predicted octanol–water partition coefficient (Wildman–Crippen LogP) is 1.80. The number of nitrogens with one attached hydrogen (secondary N) is 2. The van der Waals surface area contributed by atoms with Gasteiger partial charge in [-0.05, 0) is 43.0 Å². The summed E-state index contributed by atoms with van der Waals surface area (Å²) in [4.78, 5) is 33.6. The van der Waals surface area contributed by atoms with E-state index >= 15 is 0 Å². The highest BCUT2D eigenvalue weighted by molar-refractivity contribution is 5.97. The molecule has 0 radical (unpaired) electrons. The van der Waals surface area contributed by atoms with Crippen LogP contribution in [0.2, 0.25) is 0 Å². The zero-order valence-electron chi connectivity index (χ0n) is 14.5. The van der Waals surface area contributed by atoms with E-state index in [1.165, 1.54) is 6.20 Å². The number of carbonyl (C=O) groups excluding carboxylic acids is 2. The molecule has 0 bridgehead atoms. The molecule has 0 atom stereocenters. The number of rotatable bonds is 5. The average molecular weight is 352 g/mol. The van der Waals surface area contributed by atoms with Gasteiger partial charge < -0.3 is 21.3 Å². The van der Waals surface area contributed by atoms with Crippen molar-refractivity contribution in [2.75, 3.05) is 22.1 Å². The predicted molar refractivity (Wildman–Crippen MR) is 98.7 cm³/mol. The molecule has 8 nitrogen and oxygen atoms in total. The Kier molecular flexibility index (Phi) is 3.95. The van der Waals surface area contributed by atoms with Crippen LogP contribution in [0.25, 0.3) is 0 Å². The van der Waals surface area contributed by atoms with Crippen LogP contribution in [0.3, 0.4) is 0 Å². The summed E-state index contributed by atoms with van der Waals surface area (Å²) in [6.07, 6.45) is 4.37. The van der Waals surface area contributed by atoms with Crippen LogP contribution in [0.5, 0.6) is 0 Å². The maximum atomic E-state index is 11.6. The summed E-state index contributed by atoms with van der Waals surface area (Å²) in [6.45, 7) is 2.27. The number of fused-ring (bicyclic) bond motifs is 1. The Morgan fingerprint density at radius 1 is 1.31 bits per heavy atom. The minimum Gasteiger partial charge on any atom is -0.367 e. The minimum absolute atomic E-state index is 0.0469. The monoisotopic (exact) mass is 352 g/mol. The highest BCUT2D eigenvalue weighted by Gasteiger charge is 2.25. The molecule has 0 saturated heterocycles. The molecule has 134 valence electrons. The second kappa shape index (κ2) is 6.29. The van der Waals surface area contributed by atoms with Gasteiger partial charge in [0.15, 0.2) is 0 Å². The van der Waals surface area contributed by atoms with E-state index in [1.807, 2.05) is 18.2 Å². The molecule has 2 aliphatic rings. The molecule has 2 amide bonds. The molecule has 0 spiro atoms. The standard InChI is InChI=1S/C18H20N6O2/c1-10(25)24-7-6-11-8-13(4-5-15(11)24)22-18-20-9-14(16(19)26)17(23-18)21-12-2-3-12/h4-5,8-9,12H,2-3,6-7H2,1H3,(H2,19,26)(H2,20,21,22,23). The van der Waals surface area contributed by atoms with Crippen LogP contribution in [-0.2, 0) is 11.2 Å². The molecule has 26 heavy (non-hydrogen) atoms. The van der Waals surface area contributed by atoms with Gasteiger partial charge in [0.05, 0.1) is 5.56 Å². The lowest BCUT2D eigenvalue weighted by molar-refractivity contribution is -0.116. The van der Waals surface area contributed by atoms with Crippen molar-refractivity contribution in [3.05, 3.63) is 35.5 Å². The summed E-state index contributed by atoms with van der Waals surface area (Å²) in [7, 11) is 0. The first kappa shape index (κ1) is 16.3. The summed E-state index contributed by atoms with van der Waals surface area (Å²) in [5.74, 6) is 0.341. The third-order valence-electron chi connectivity index (χ3n) is 4.58. The maximum Gasteiger partial charge on any atom is 0.254 e. The fourth-order valence-corrected chi connectivity index (χ4v) is 3.09. The Morgan fingerprint density at radius 2 is 2.12 bits per heavy atom. The summed E-state index contributed by atoms with van der Waals surface area (Å²) in [5, 5.41) is 6.38. The zero-order valence-corrected chi connectivity index (χ0v) is 14.5. The van der Waals surface area contributed by atoms with Crippen molar-refractivity contribution in [1.29, 1.82) is 0 Å². The van der Waals surface area contributed by atoms with E-state index < -0.39 is 5.91 Å². The van der Waals surface area contributed by atoms with Crippen LogP contribution in [0.4, 0.5) is 23.1 Å². The molecular formula is C18H20N6O2. The number of hydrogen-bond donors (Lipinski definition) is 3. The molecule has 1 aliphatic carbocycles. The highest BCUT2D eigenvalue weighted by Crippen LogP contribution is 2.31. The van der Waals surface area contributed by atoms with Gasteiger partial charge in [0.2, 0.25) is 11.9 Å². The van der Waals surface area contributed by atoms with Crippen LogP contribution < -0.4 is 21.3 Å². The number of benzene rings is 1. The molecule has 1 saturated carbocycles. The normalized spacial score (nSPS) is 15.5. The van der Waals surface area contributed by atoms with E-state index in [0.717, 1.165) is 36.2 Å². The molecule has 2 aromatic rings. The molecule has 4 N–H and O–H groups in total. The van der Waals surface area contributed by atoms with Crippen molar-refractivity contribution < 1.29 is 9.59 Å². The molecular weight excluding hydrogens is 332 g/mol. The van der Waals surface area contributed by atoms with Crippen LogP contribution in [0, 0.1) is 0 Å². The van der Waals surface area contributed by atoms with Gasteiger partial charge in [0.25, 0.3) is 5.91 Å². The van der Waals surface area contributed by atoms with Crippen molar-refractivity contribution >= 4 is 35.0 Å². The zero-order chi connectivity index (χ0) is 18.3. The number of nitrogens with two attached hydrogens (primary N) is 1. The van der Waals surface area contributed by atoms with Gasteiger partial charge in [0, 0.05) is 37.1 Å². The topological polar surface area (TPSA) is 113 Å². The fraction of sp³-hybridized carbons (Fsp3) is 0.333. The van der Waals surface area contributed by atoms with Gasteiger partial charge >= 0.3 is 0 Å². The minimum atomic E-state index is -0.554. The van der Waals surface area contributed by atoms with E-state index in [-0.39, 0.29) is 11.5 Å². The van der Waals surface area contributed by atoms with Crippen LogP contribution in [0.15, 0.2) is 24.4 Å². The highest BCUT2D eigenvalue weighted by atomic mass is 16.2. The first-order valence-corrected chi connectivity index (χ1v) is 8.62. The summed E-state index contributed by atoms with van der Waals surface area (Å²) in [5.41, 5.74) is 8.57. The second-order valence-electron chi connectivity index (χ2n) is 6.63. The first-order valence-electron chi connectivity index (χ1n) is 8.62. The number of nitrogens with zero attached hydrogens (tertiary/aromatic N) is 3. The molecule has 8 heteroatoms. The third kappa shape index (κ3) is 3.17. The van der Waals surface area contributed by atoms with E-state index in [0.29, 0.717) is 24.4 Å². The van der Waals surface area contributed by atoms with Crippen LogP contribution in [0.1, 0.15) is 35.7 Å². The van der Waals surface area contributed by atoms with Gasteiger partial charge in [-0.3, -0.25) is 9.59 Å². The Labute approximate surface area is 150 Å². The van der Waals surface area contributed by atoms with E-state index in [9.17, 15) is 9.59 Å². The van der Waals surface area contributed by atoms with Crippen molar-refractivity contribution in [2.45, 2.75) is 32.2 Å². The quantitative estimate of drug-likeness (QED) is 0.756. The van der Waals surface area contributed by atoms with Gasteiger partial charge in [-0.2, -0.15) is 4.98 Å². The Bertz CT molecular complexity index is 893. The van der Waals surface area contributed by atoms with Gasteiger partial charge in [0.1, 0.15) is 5.82 Å². The first-order chi connectivity index (χ1) is 12.5. The van der Waals surface area contributed by atoms with E-state index in [2.05, 4.69) is 20.6 Å². The lowest BCUT2D eigenvalue weighted by Gasteiger charge is -2.15. The molecule has 1 aromatic carbocycles. The SMILES string of the molecule is CC(=O)N1CCc2cc(Nc3ncc(C(N)=O)c(NC4CC4)n3)ccc21. The molecule has 4 rings (SSSR count). The van der Waals surface area contributed by atoms with Gasteiger partial charge in [-0.25, -0.2) is 4.98 Å². The summed E-state index contributed by atoms with van der Waals surface area (Å²) >= 11 is 0. The lowest BCUT2D eigenvalue weighted by atomic mass is 10.1. The van der Waals surface area contributed by atoms with Crippen LogP contribution in [-0.4, -0.2) is 34.4 Å². The summed E-state index contributed by atoms with van der Waals surface area (Å²) in [6, 6.07) is 6.15. The second-order valence-corrected chi connectivity index (χ2v) is 6.63. The molecule has 1 aromatic heterocycles. The Balaban J connectivity index is 1.57. The molecule has 1 fully saturated rings. The number of anilines is 4. The smallest absolute Gasteiger partial charge is 0.254 e. The average Bonchev–Trinajstić information content (AvgIpc) is 3.30. The largest absolute Gasteiger partial charge is 0.367 e. The number of amides is 2. The molecule has 0 unspecified atom stereocenters. The van der Waals surface area contributed by atoms with E-state index in [4.69, 9.17) is 5.73 Å². The Hall–Kier alpha value is -3.16. The van der Waals surface area contributed by atoms with Gasteiger partial charge in [-0.1, -0.05) is 0 Å². The van der Waals surface area contributed by atoms with Crippen molar-refractivity contribution in [3.8, 4) is 0 Å². The van der Waals surface area contributed by atoms with E-state index in [1.54, 1.807) is 11.8 Å². The maximum absolute atomic E-state index is 11.6. The Morgan fingerprint density at radius 3 is 2.81 bits per heavy atom. The molecule has 2 heterocycles. The summed E-state index contributed by atoms with van der Waals surface area (Å²) < 4.78 is 0. The number of aromatic nitrogens is 2. The van der Waals surface area contributed by atoms with Crippen LogP contribution >= 0.6 is 0 Å². The van der Waals surface area contributed by atoms with Crippen molar-refractivity contribution in [3.63, 3.8) is 0 Å². The number of primary amides is 1. The third-order valence-corrected chi connectivity index (χ3v) is 4.58. The fourth-order valence-electron chi connectivity index (χ4n) is 3.09. The lowest BCUT2D eigenvalue weighted by Crippen LogP contribution is -2.25. The number of hydrogen-bond acceptors (Lipinski definition) is 6. The van der Waals surface area contributed by atoms with Gasteiger partial charge in [-0.15, -0.1) is 0 Å². The molecule has 1 aliphatic heterocycles. The van der Waals surface area contributed by atoms with Crippen molar-refractivity contribution in [2.24, 2.45) is 5.73 Å². The number of carbonyl (C=O) groups is 2. The van der Waals surface area contributed by atoms with Crippen molar-refractivity contribution in [1.82, 2.24) is 9.97 Å².